The highest BCUT2D eigenvalue weighted by atomic mass is 79.9. The van der Waals surface area contributed by atoms with Gasteiger partial charge >= 0.3 is 5.97 Å². The van der Waals surface area contributed by atoms with E-state index in [1.54, 1.807) is 19.2 Å². The van der Waals surface area contributed by atoms with Gasteiger partial charge in [0, 0.05) is 10.7 Å². The highest BCUT2D eigenvalue weighted by molar-refractivity contribution is 9.10. The van der Waals surface area contributed by atoms with Crippen molar-refractivity contribution < 1.29 is 14.1 Å². The predicted octanol–water partition coefficient (Wildman–Crippen LogP) is 3.34. The topological polar surface area (TPSA) is 78.1 Å². The van der Waals surface area contributed by atoms with Gasteiger partial charge in [0.1, 0.15) is 11.6 Å². The quantitative estimate of drug-likeness (QED) is 0.741. The smallest absolute Gasteiger partial charge is 0.318 e. The molecule has 0 spiro atoms. The Balaban J connectivity index is 2.28. The number of carbonyl (C=O) groups excluding carboxylic acids is 1. The zero-order valence-corrected chi connectivity index (χ0v) is 13.5. The van der Waals surface area contributed by atoms with Crippen LogP contribution in [0.15, 0.2) is 27.3 Å². The molecular formula is C14H16BrN3O3. The summed E-state index contributed by atoms with van der Waals surface area (Å²) in [5, 5.41) is 3.91. The summed E-state index contributed by atoms with van der Waals surface area (Å²) < 4.78 is 11.1. The van der Waals surface area contributed by atoms with E-state index >= 15 is 0 Å². The van der Waals surface area contributed by atoms with E-state index in [1.807, 2.05) is 13.0 Å². The lowest BCUT2D eigenvalue weighted by Gasteiger charge is -2.09. The van der Waals surface area contributed by atoms with E-state index in [0.717, 1.165) is 10.9 Å². The number of ether oxygens (including phenoxy) is 1. The zero-order chi connectivity index (χ0) is 15.2. The summed E-state index contributed by atoms with van der Waals surface area (Å²) in [7, 11) is 0. The second-order valence-corrected chi connectivity index (χ2v) is 5.24. The molecular weight excluding hydrogens is 338 g/mol. The van der Waals surface area contributed by atoms with E-state index in [0.29, 0.717) is 24.5 Å². The molecule has 0 aliphatic rings. The Morgan fingerprint density at radius 2 is 2.29 bits per heavy atom. The first-order chi connectivity index (χ1) is 10.2. The number of aromatic nitrogens is 3. The van der Waals surface area contributed by atoms with Gasteiger partial charge in [-0.05, 0) is 41.4 Å². The van der Waals surface area contributed by atoms with E-state index in [4.69, 9.17) is 9.26 Å². The third-order valence-electron chi connectivity index (χ3n) is 2.86. The third kappa shape index (κ3) is 3.66. The molecule has 0 aliphatic carbocycles. The van der Waals surface area contributed by atoms with Crippen LogP contribution in [0.4, 0.5) is 0 Å². The molecule has 0 saturated heterocycles. The maximum absolute atomic E-state index is 12.0. The number of rotatable bonds is 6. The van der Waals surface area contributed by atoms with Gasteiger partial charge in [0.05, 0.1) is 6.61 Å². The third-order valence-corrected chi connectivity index (χ3v) is 3.50. The van der Waals surface area contributed by atoms with Crippen LogP contribution in [0.1, 0.15) is 38.5 Å². The number of hydrogen-bond donors (Lipinski definition) is 0. The summed E-state index contributed by atoms with van der Waals surface area (Å²) in [6.07, 6.45) is 3.06. The van der Waals surface area contributed by atoms with E-state index in [9.17, 15) is 4.79 Å². The minimum atomic E-state index is -0.529. The minimum absolute atomic E-state index is 0.267. The maximum Gasteiger partial charge on any atom is 0.318 e. The number of pyridine rings is 1. The van der Waals surface area contributed by atoms with Gasteiger partial charge in [0.2, 0.25) is 11.7 Å². The molecule has 1 atom stereocenters. The van der Waals surface area contributed by atoms with Crippen LogP contribution >= 0.6 is 15.9 Å². The van der Waals surface area contributed by atoms with Gasteiger partial charge in [-0.25, -0.2) is 0 Å². The molecule has 0 fully saturated rings. The first-order valence-electron chi connectivity index (χ1n) is 6.78. The van der Waals surface area contributed by atoms with Gasteiger partial charge in [-0.2, -0.15) is 4.98 Å². The molecule has 2 heterocycles. The normalized spacial score (nSPS) is 12.1. The monoisotopic (exact) mass is 353 g/mol. The summed E-state index contributed by atoms with van der Waals surface area (Å²) in [6.45, 7) is 4.08. The largest absolute Gasteiger partial charge is 0.465 e. The molecule has 0 radical (unpaired) electrons. The summed E-state index contributed by atoms with van der Waals surface area (Å²) in [5.74, 6) is -0.251. The second kappa shape index (κ2) is 7.31. The molecule has 6 nitrogen and oxygen atoms in total. The lowest BCUT2D eigenvalue weighted by atomic mass is 10.0. The number of halogens is 1. The lowest BCUT2D eigenvalue weighted by Crippen LogP contribution is -2.16. The van der Waals surface area contributed by atoms with E-state index in [-0.39, 0.29) is 11.9 Å². The Bertz CT molecular complexity index is 615. The standard InChI is InChI=1S/C14H16BrN3O3/c1-3-6-9(14(19)20-4-2)13-17-12(18-21-13)11-10(15)7-5-8-16-11/h5,7-9H,3-4,6H2,1-2H3. The van der Waals surface area contributed by atoms with Crippen LogP contribution in [0, 0.1) is 0 Å². The van der Waals surface area contributed by atoms with Crippen molar-refractivity contribution in [3.05, 3.63) is 28.7 Å². The number of hydrogen-bond acceptors (Lipinski definition) is 6. The fraction of sp³-hybridized carbons (Fsp3) is 0.429. The number of carbonyl (C=O) groups is 1. The van der Waals surface area contributed by atoms with Crippen molar-refractivity contribution in [3.8, 4) is 11.5 Å². The van der Waals surface area contributed by atoms with Gasteiger partial charge < -0.3 is 9.26 Å². The molecule has 0 N–H and O–H groups in total. The van der Waals surface area contributed by atoms with Crippen LogP contribution in [0.3, 0.4) is 0 Å². The van der Waals surface area contributed by atoms with Gasteiger partial charge in [-0.3, -0.25) is 9.78 Å². The Labute approximate surface area is 131 Å². The molecule has 2 rings (SSSR count). The van der Waals surface area contributed by atoms with Crippen LogP contribution in [0.25, 0.3) is 11.5 Å². The molecule has 21 heavy (non-hydrogen) atoms. The van der Waals surface area contributed by atoms with E-state index in [2.05, 4.69) is 31.1 Å². The second-order valence-electron chi connectivity index (χ2n) is 4.38. The SMILES string of the molecule is CCCC(C(=O)OCC)c1nc(-c2ncccc2Br)no1. The fourth-order valence-corrected chi connectivity index (χ4v) is 2.33. The Morgan fingerprint density at radius 1 is 1.48 bits per heavy atom. The highest BCUT2D eigenvalue weighted by Crippen LogP contribution is 2.27. The maximum atomic E-state index is 12.0. The van der Waals surface area contributed by atoms with E-state index < -0.39 is 5.92 Å². The summed E-state index contributed by atoms with van der Waals surface area (Å²) >= 11 is 3.39. The first-order valence-corrected chi connectivity index (χ1v) is 7.57. The van der Waals surface area contributed by atoms with Crippen molar-refractivity contribution >= 4 is 21.9 Å². The molecule has 0 saturated carbocycles. The van der Waals surface area contributed by atoms with Gasteiger partial charge in [0.15, 0.2) is 0 Å². The first kappa shape index (κ1) is 15.6. The lowest BCUT2D eigenvalue weighted by molar-refractivity contribution is -0.145. The predicted molar refractivity (Wildman–Crippen MR) is 79.5 cm³/mol. The van der Waals surface area contributed by atoms with Crippen molar-refractivity contribution in [1.82, 2.24) is 15.1 Å². The van der Waals surface area contributed by atoms with Crippen molar-refractivity contribution in [1.29, 1.82) is 0 Å². The van der Waals surface area contributed by atoms with Crippen molar-refractivity contribution in [2.24, 2.45) is 0 Å². The number of nitrogens with zero attached hydrogens (tertiary/aromatic N) is 3. The van der Waals surface area contributed by atoms with E-state index in [1.165, 1.54) is 0 Å². The van der Waals surface area contributed by atoms with Crippen molar-refractivity contribution in [2.45, 2.75) is 32.6 Å². The molecule has 2 aromatic rings. The molecule has 0 aromatic carbocycles. The summed E-state index contributed by atoms with van der Waals surface area (Å²) in [6, 6.07) is 3.64. The van der Waals surface area contributed by atoms with Crippen LogP contribution in [-0.2, 0) is 9.53 Å². The van der Waals surface area contributed by atoms with Gasteiger partial charge in [0.25, 0.3) is 0 Å². The minimum Gasteiger partial charge on any atom is -0.465 e. The molecule has 2 aromatic heterocycles. The zero-order valence-electron chi connectivity index (χ0n) is 11.9. The average molecular weight is 354 g/mol. The highest BCUT2D eigenvalue weighted by Gasteiger charge is 2.28. The van der Waals surface area contributed by atoms with Gasteiger partial charge in [-0.1, -0.05) is 18.5 Å². The molecule has 1 unspecified atom stereocenters. The summed E-state index contributed by atoms with van der Waals surface area (Å²) in [4.78, 5) is 20.5. The average Bonchev–Trinajstić information content (AvgIpc) is 2.94. The molecule has 7 heteroatoms. The van der Waals surface area contributed by atoms with Crippen LogP contribution in [-0.4, -0.2) is 27.7 Å². The van der Waals surface area contributed by atoms with Crippen LogP contribution in [0.2, 0.25) is 0 Å². The molecule has 0 aliphatic heterocycles. The Kier molecular flexibility index (Phi) is 5.44. The van der Waals surface area contributed by atoms with Crippen LogP contribution in [0.5, 0.6) is 0 Å². The van der Waals surface area contributed by atoms with Crippen molar-refractivity contribution in [3.63, 3.8) is 0 Å². The van der Waals surface area contributed by atoms with Gasteiger partial charge in [-0.15, -0.1) is 0 Å². The van der Waals surface area contributed by atoms with Crippen molar-refractivity contribution in [2.75, 3.05) is 6.61 Å². The summed E-state index contributed by atoms with van der Waals surface area (Å²) in [5.41, 5.74) is 0.576. The Hall–Kier alpha value is -1.76. The fourth-order valence-electron chi connectivity index (χ4n) is 1.90. The number of esters is 1. The van der Waals surface area contributed by atoms with Crippen LogP contribution < -0.4 is 0 Å². The Morgan fingerprint density at radius 3 is 2.95 bits per heavy atom. The molecule has 0 bridgehead atoms. The molecule has 0 amide bonds. The molecule has 112 valence electrons.